The van der Waals surface area contributed by atoms with E-state index in [1.54, 1.807) is 12.1 Å². The van der Waals surface area contributed by atoms with Gasteiger partial charge >= 0.3 is 0 Å². The molecule has 1 aliphatic carbocycles. The first-order valence-electron chi connectivity index (χ1n) is 8.27. The van der Waals surface area contributed by atoms with E-state index in [0.717, 1.165) is 24.8 Å². The summed E-state index contributed by atoms with van der Waals surface area (Å²) in [6.07, 6.45) is 7.80. The summed E-state index contributed by atoms with van der Waals surface area (Å²) < 4.78 is 14.0. The molecule has 0 spiro atoms. The number of hydrogen-bond acceptors (Lipinski definition) is 1. The van der Waals surface area contributed by atoms with Crippen LogP contribution in [0.4, 0.5) is 4.39 Å². The van der Waals surface area contributed by atoms with E-state index in [4.69, 9.17) is 0 Å². The fraction of sp³-hybridized carbons (Fsp3) is 0.286. The molecule has 0 amide bonds. The molecule has 0 aliphatic heterocycles. The van der Waals surface area contributed by atoms with Crippen LogP contribution in [-0.4, -0.2) is 5.78 Å². The van der Waals surface area contributed by atoms with Crippen molar-refractivity contribution in [1.29, 1.82) is 0 Å². The Morgan fingerprint density at radius 1 is 1.09 bits per heavy atom. The highest BCUT2D eigenvalue weighted by Gasteiger charge is 2.20. The van der Waals surface area contributed by atoms with Crippen molar-refractivity contribution in [3.05, 3.63) is 76.1 Å². The Kier molecular flexibility index (Phi) is 4.71. The number of carbonyl (C=O) groups is 1. The van der Waals surface area contributed by atoms with Gasteiger partial charge in [-0.25, -0.2) is 4.39 Å². The third kappa shape index (κ3) is 3.58. The molecule has 0 radical (unpaired) electrons. The van der Waals surface area contributed by atoms with Gasteiger partial charge in [-0.3, -0.25) is 4.79 Å². The second kappa shape index (κ2) is 6.91. The third-order valence-corrected chi connectivity index (χ3v) is 4.47. The highest BCUT2D eigenvalue weighted by Crippen LogP contribution is 2.25. The molecule has 23 heavy (non-hydrogen) atoms. The fourth-order valence-electron chi connectivity index (χ4n) is 3.01. The lowest BCUT2D eigenvalue weighted by Crippen LogP contribution is -1.94. The summed E-state index contributed by atoms with van der Waals surface area (Å²) in [5.74, 6) is -0.104. The highest BCUT2D eigenvalue weighted by atomic mass is 18.2. The van der Waals surface area contributed by atoms with E-state index in [0.29, 0.717) is 24.0 Å². The summed E-state index contributed by atoms with van der Waals surface area (Å²) in [5.41, 5.74) is 4.69. The van der Waals surface area contributed by atoms with Gasteiger partial charge in [0.2, 0.25) is 0 Å². The van der Waals surface area contributed by atoms with Crippen molar-refractivity contribution in [2.45, 2.75) is 39.0 Å². The minimum absolute atomic E-state index is 0.130. The highest BCUT2D eigenvalue weighted by molar-refractivity contribution is 6.00. The van der Waals surface area contributed by atoms with E-state index in [2.05, 4.69) is 31.2 Å². The van der Waals surface area contributed by atoms with Crippen LogP contribution in [0.1, 0.15) is 52.4 Å². The Morgan fingerprint density at radius 2 is 1.83 bits per heavy atom. The molecule has 1 nitrogen and oxygen atoms in total. The number of carbonyl (C=O) groups excluding carboxylic acids is 1. The van der Waals surface area contributed by atoms with Crippen LogP contribution in [0.5, 0.6) is 0 Å². The van der Waals surface area contributed by atoms with Crippen LogP contribution in [0, 0.1) is 5.82 Å². The third-order valence-electron chi connectivity index (χ3n) is 4.47. The number of allylic oxidation sites excluding steroid dienone is 1. The first-order chi connectivity index (χ1) is 11.2. The second-order valence-electron chi connectivity index (χ2n) is 6.07. The quantitative estimate of drug-likeness (QED) is 0.745. The van der Waals surface area contributed by atoms with Crippen LogP contribution in [-0.2, 0) is 19.3 Å². The van der Waals surface area contributed by atoms with Crippen molar-refractivity contribution in [2.24, 2.45) is 0 Å². The first-order valence-corrected chi connectivity index (χ1v) is 8.27. The zero-order chi connectivity index (χ0) is 16.2. The van der Waals surface area contributed by atoms with Crippen molar-refractivity contribution in [1.82, 2.24) is 0 Å². The first kappa shape index (κ1) is 15.7. The molecule has 0 N–H and O–H groups in total. The van der Waals surface area contributed by atoms with Gasteiger partial charge in [0.15, 0.2) is 5.78 Å². The predicted molar refractivity (Wildman–Crippen MR) is 92.2 cm³/mol. The maximum absolute atomic E-state index is 14.0. The van der Waals surface area contributed by atoms with Crippen LogP contribution in [0.15, 0.2) is 42.5 Å². The molecule has 118 valence electrons. The molecule has 0 bridgehead atoms. The Bertz CT molecular complexity index is 741. The molecular weight excluding hydrogens is 286 g/mol. The van der Waals surface area contributed by atoms with Gasteiger partial charge in [-0.1, -0.05) is 43.3 Å². The van der Waals surface area contributed by atoms with Crippen LogP contribution >= 0.6 is 0 Å². The van der Waals surface area contributed by atoms with Crippen LogP contribution in [0.2, 0.25) is 0 Å². The van der Waals surface area contributed by atoms with E-state index in [1.807, 2.05) is 6.08 Å². The maximum Gasteiger partial charge on any atom is 0.163 e. The summed E-state index contributed by atoms with van der Waals surface area (Å²) in [5, 5.41) is 0. The molecule has 1 aliphatic rings. The van der Waals surface area contributed by atoms with Gasteiger partial charge in [0.05, 0.1) is 0 Å². The summed E-state index contributed by atoms with van der Waals surface area (Å²) in [6, 6.07) is 11.8. The predicted octanol–water partition coefficient (Wildman–Crippen LogP) is 5.16. The van der Waals surface area contributed by atoms with Gasteiger partial charge in [-0.05, 0) is 54.5 Å². The average Bonchev–Trinajstić information content (AvgIpc) is 2.92. The van der Waals surface area contributed by atoms with E-state index >= 15 is 0 Å². The number of fused-ring (bicyclic) bond motifs is 1. The molecule has 0 unspecified atom stereocenters. The topological polar surface area (TPSA) is 17.1 Å². The Morgan fingerprint density at radius 3 is 2.57 bits per heavy atom. The SMILES string of the molecule is CCc1ccc(CC/C=C/c2cc3c(cc2[18F])CCC3=O)cc1. The fourth-order valence-corrected chi connectivity index (χ4v) is 3.01. The van der Waals surface area contributed by atoms with E-state index < -0.39 is 0 Å². The van der Waals surface area contributed by atoms with E-state index in [9.17, 15) is 9.18 Å². The number of halogens is 1. The minimum atomic E-state index is -0.234. The van der Waals surface area contributed by atoms with Crippen molar-refractivity contribution in [3.8, 4) is 0 Å². The standard InChI is InChI=1S/C21H21FO/c1-2-15-7-9-16(10-8-15)5-3-4-6-18-13-19-17(14-20(18)22)11-12-21(19)23/h4,6-10,13-14H,2-3,5,11-12H2,1H3/b6-4+/i22-1. The lowest BCUT2D eigenvalue weighted by atomic mass is 10.0. The van der Waals surface area contributed by atoms with E-state index in [-0.39, 0.29) is 11.6 Å². The van der Waals surface area contributed by atoms with Crippen molar-refractivity contribution in [2.75, 3.05) is 0 Å². The van der Waals surface area contributed by atoms with Crippen molar-refractivity contribution < 1.29 is 9.18 Å². The molecule has 0 heterocycles. The summed E-state index contributed by atoms with van der Waals surface area (Å²) in [6.45, 7) is 2.15. The van der Waals surface area contributed by atoms with Crippen molar-refractivity contribution in [3.63, 3.8) is 0 Å². The van der Waals surface area contributed by atoms with E-state index in [1.165, 1.54) is 17.2 Å². The lowest BCUT2D eigenvalue weighted by molar-refractivity contribution is 0.0994. The smallest absolute Gasteiger partial charge is 0.163 e. The lowest BCUT2D eigenvalue weighted by Gasteiger charge is -2.03. The minimum Gasteiger partial charge on any atom is -0.294 e. The van der Waals surface area contributed by atoms with Gasteiger partial charge < -0.3 is 0 Å². The van der Waals surface area contributed by atoms with Gasteiger partial charge in [0.1, 0.15) is 5.82 Å². The molecule has 0 atom stereocenters. The number of rotatable bonds is 5. The molecule has 2 heteroatoms. The Balaban J connectivity index is 1.64. The van der Waals surface area contributed by atoms with Gasteiger partial charge in [0.25, 0.3) is 0 Å². The summed E-state index contributed by atoms with van der Waals surface area (Å²) in [4.78, 5) is 11.7. The number of aryl methyl sites for hydroxylation is 3. The molecule has 0 saturated heterocycles. The molecular formula is C21H21FO. The Labute approximate surface area is 136 Å². The molecule has 3 rings (SSSR count). The maximum atomic E-state index is 14.0. The second-order valence-corrected chi connectivity index (χ2v) is 6.07. The number of ketones is 1. The largest absolute Gasteiger partial charge is 0.294 e. The monoisotopic (exact) mass is 307 g/mol. The Hall–Kier alpha value is -2.22. The number of hydrogen-bond donors (Lipinski definition) is 0. The molecule has 2 aromatic carbocycles. The summed E-state index contributed by atoms with van der Waals surface area (Å²) in [7, 11) is 0. The normalized spacial score (nSPS) is 13.7. The number of benzene rings is 2. The van der Waals surface area contributed by atoms with Gasteiger partial charge in [-0.15, -0.1) is 0 Å². The average molecular weight is 307 g/mol. The van der Waals surface area contributed by atoms with Crippen molar-refractivity contribution >= 4 is 11.9 Å². The summed E-state index contributed by atoms with van der Waals surface area (Å²) >= 11 is 0. The van der Waals surface area contributed by atoms with Crippen LogP contribution < -0.4 is 0 Å². The zero-order valence-electron chi connectivity index (χ0n) is 13.4. The molecule has 0 aromatic heterocycles. The van der Waals surface area contributed by atoms with Gasteiger partial charge in [0, 0.05) is 17.5 Å². The van der Waals surface area contributed by atoms with Gasteiger partial charge in [-0.2, -0.15) is 0 Å². The van der Waals surface area contributed by atoms with Crippen LogP contribution in [0.3, 0.4) is 0 Å². The molecule has 0 saturated carbocycles. The van der Waals surface area contributed by atoms with Crippen LogP contribution in [0.25, 0.3) is 6.08 Å². The molecule has 2 aromatic rings. The molecule has 0 fully saturated rings. The zero-order valence-corrected chi connectivity index (χ0v) is 13.4. The number of Topliss-reactive ketones (excluding diaryl/α,β-unsaturated/α-hetero) is 1.